The second-order valence-electron chi connectivity index (χ2n) is 8.82. The Hall–Kier alpha value is -4.21. The van der Waals surface area contributed by atoms with Crippen LogP contribution in [-0.4, -0.2) is 62.1 Å². The molecule has 2 amide bonds. The van der Waals surface area contributed by atoms with E-state index >= 15 is 0 Å². The lowest BCUT2D eigenvalue weighted by Crippen LogP contribution is -2.39. The van der Waals surface area contributed by atoms with Gasteiger partial charge < -0.3 is 24.6 Å². The Bertz CT molecular complexity index is 1290. The van der Waals surface area contributed by atoms with E-state index in [9.17, 15) is 18.4 Å². The van der Waals surface area contributed by atoms with Crippen molar-refractivity contribution in [1.29, 1.82) is 0 Å². The third-order valence-electron chi connectivity index (χ3n) is 6.08. The Balaban J connectivity index is 1.55. The number of piperidine rings is 1. The van der Waals surface area contributed by atoms with Crippen molar-refractivity contribution in [3.8, 4) is 11.6 Å². The van der Waals surface area contributed by atoms with Gasteiger partial charge in [0.25, 0.3) is 11.8 Å². The van der Waals surface area contributed by atoms with Gasteiger partial charge in [-0.2, -0.15) is 0 Å². The van der Waals surface area contributed by atoms with E-state index in [1.54, 1.807) is 44.4 Å². The van der Waals surface area contributed by atoms with Gasteiger partial charge in [-0.25, -0.2) is 13.8 Å². The van der Waals surface area contributed by atoms with Crippen LogP contribution in [0.25, 0.3) is 0 Å². The molecule has 2 aromatic carbocycles. The van der Waals surface area contributed by atoms with Crippen molar-refractivity contribution in [2.45, 2.75) is 18.9 Å². The van der Waals surface area contributed by atoms with E-state index < -0.39 is 17.5 Å². The van der Waals surface area contributed by atoms with Gasteiger partial charge in [-0.3, -0.25) is 9.59 Å². The number of pyridine rings is 1. The van der Waals surface area contributed by atoms with Crippen LogP contribution in [0.1, 0.15) is 33.6 Å². The number of ether oxygens (including phenoxy) is 2. The number of rotatable bonds is 7. The molecule has 1 aliphatic heterocycles. The molecule has 1 fully saturated rings. The van der Waals surface area contributed by atoms with Crippen molar-refractivity contribution in [3.05, 3.63) is 77.5 Å². The molecule has 4 rings (SSSR count). The standard InChI is InChI=1S/C27H28F2N4O4/c1-32(2)27(35)17-6-8-23(22(15-17)31-25(34)20-5-4-12-30-26(20)36-3)33-13-10-19(11-14-33)37-24-9-7-18(28)16-21(24)29/h4-9,12,15-16,19H,10-11,13-14H2,1-3H3,(H,31,34). The summed E-state index contributed by atoms with van der Waals surface area (Å²) in [5, 5.41) is 2.91. The highest BCUT2D eigenvalue weighted by Gasteiger charge is 2.25. The SMILES string of the molecule is COc1ncccc1C(=O)Nc1cc(C(=O)N(C)C)ccc1N1CCC(Oc2ccc(F)cc2F)CC1. The molecular weight excluding hydrogens is 482 g/mol. The number of benzene rings is 2. The molecule has 0 radical (unpaired) electrons. The first-order valence-electron chi connectivity index (χ1n) is 11.8. The number of carbonyl (C=O) groups excluding carboxylic acids is 2. The molecule has 2 heterocycles. The maximum Gasteiger partial charge on any atom is 0.261 e. The van der Waals surface area contributed by atoms with E-state index in [1.807, 2.05) is 0 Å². The summed E-state index contributed by atoms with van der Waals surface area (Å²) in [6.45, 7) is 1.13. The number of hydrogen-bond donors (Lipinski definition) is 1. The van der Waals surface area contributed by atoms with Crippen LogP contribution in [0.15, 0.2) is 54.7 Å². The van der Waals surface area contributed by atoms with Gasteiger partial charge in [-0.1, -0.05) is 0 Å². The average molecular weight is 511 g/mol. The second kappa shape index (κ2) is 11.2. The fourth-order valence-corrected chi connectivity index (χ4v) is 4.18. The molecule has 194 valence electrons. The van der Waals surface area contributed by atoms with E-state index in [0.29, 0.717) is 37.2 Å². The van der Waals surface area contributed by atoms with Crippen LogP contribution in [0.5, 0.6) is 11.6 Å². The lowest BCUT2D eigenvalue weighted by Gasteiger charge is -2.35. The fraction of sp³-hybridized carbons (Fsp3) is 0.296. The third kappa shape index (κ3) is 5.96. The lowest BCUT2D eigenvalue weighted by atomic mass is 10.0. The van der Waals surface area contributed by atoms with Crippen LogP contribution >= 0.6 is 0 Å². The molecule has 1 saturated heterocycles. The van der Waals surface area contributed by atoms with Gasteiger partial charge in [-0.05, 0) is 42.5 Å². The smallest absolute Gasteiger partial charge is 0.261 e. The Kier molecular flexibility index (Phi) is 7.86. The Morgan fingerprint density at radius 3 is 2.51 bits per heavy atom. The Labute approximate surface area is 213 Å². The fourth-order valence-electron chi connectivity index (χ4n) is 4.18. The highest BCUT2D eigenvalue weighted by Crippen LogP contribution is 2.32. The molecule has 0 saturated carbocycles. The number of halogens is 2. The third-order valence-corrected chi connectivity index (χ3v) is 6.08. The highest BCUT2D eigenvalue weighted by molar-refractivity contribution is 6.08. The maximum absolute atomic E-state index is 14.0. The zero-order valence-electron chi connectivity index (χ0n) is 20.8. The van der Waals surface area contributed by atoms with E-state index in [1.165, 1.54) is 24.3 Å². The molecule has 3 aromatic rings. The zero-order chi connectivity index (χ0) is 26.5. The second-order valence-corrected chi connectivity index (χ2v) is 8.82. The minimum Gasteiger partial charge on any atom is -0.487 e. The molecule has 8 nitrogen and oxygen atoms in total. The number of amides is 2. The summed E-state index contributed by atoms with van der Waals surface area (Å²) in [5.74, 6) is -1.81. The molecule has 37 heavy (non-hydrogen) atoms. The van der Waals surface area contributed by atoms with Crippen molar-refractivity contribution in [2.75, 3.05) is 44.5 Å². The number of carbonyl (C=O) groups is 2. The summed E-state index contributed by atoms with van der Waals surface area (Å²) < 4.78 is 38.2. The van der Waals surface area contributed by atoms with Gasteiger partial charge in [0, 0.05) is 57.9 Å². The van der Waals surface area contributed by atoms with Crippen molar-refractivity contribution in [3.63, 3.8) is 0 Å². The molecule has 1 N–H and O–H groups in total. The molecule has 0 spiro atoms. The van der Waals surface area contributed by atoms with Crippen LogP contribution in [0.3, 0.4) is 0 Å². The summed E-state index contributed by atoms with van der Waals surface area (Å²) >= 11 is 0. The first kappa shape index (κ1) is 25.9. The predicted molar refractivity (Wildman–Crippen MR) is 135 cm³/mol. The molecular formula is C27H28F2N4O4. The first-order valence-corrected chi connectivity index (χ1v) is 11.8. The lowest BCUT2D eigenvalue weighted by molar-refractivity contribution is 0.0827. The summed E-state index contributed by atoms with van der Waals surface area (Å²) in [4.78, 5) is 33.3. The van der Waals surface area contributed by atoms with Gasteiger partial charge in [-0.15, -0.1) is 0 Å². The minimum atomic E-state index is -0.737. The minimum absolute atomic E-state index is 0.0183. The molecule has 0 aliphatic carbocycles. The number of nitrogens with one attached hydrogen (secondary N) is 1. The molecule has 10 heteroatoms. The van der Waals surface area contributed by atoms with Crippen molar-refractivity contribution in [2.24, 2.45) is 0 Å². The van der Waals surface area contributed by atoms with E-state index in [0.717, 1.165) is 17.8 Å². The number of aromatic nitrogens is 1. The van der Waals surface area contributed by atoms with Crippen molar-refractivity contribution in [1.82, 2.24) is 9.88 Å². The Morgan fingerprint density at radius 2 is 1.84 bits per heavy atom. The molecule has 0 unspecified atom stereocenters. The van der Waals surface area contributed by atoms with Gasteiger partial charge in [0.05, 0.1) is 18.5 Å². The molecule has 1 aliphatic rings. The van der Waals surface area contributed by atoms with Gasteiger partial charge in [0.1, 0.15) is 17.5 Å². The average Bonchev–Trinajstić information content (AvgIpc) is 2.90. The molecule has 0 atom stereocenters. The van der Waals surface area contributed by atoms with Gasteiger partial charge in [0.2, 0.25) is 5.88 Å². The molecule has 0 bridgehead atoms. The normalized spacial score (nSPS) is 13.7. The Morgan fingerprint density at radius 1 is 1.08 bits per heavy atom. The number of methoxy groups -OCH3 is 1. The number of hydrogen-bond acceptors (Lipinski definition) is 6. The van der Waals surface area contributed by atoms with Crippen molar-refractivity contribution < 1.29 is 27.8 Å². The van der Waals surface area contributed by atoms with E-state index in [-0.39, 0.29) is 29.2 Å². The van der Waals surface area contributed by atoms with Crippen LogP contribution in [-0.2, 0) is 0 Å². The summed E-state index contributed by atoms with van der Waals surface area (Å²) in [5.41, 5.74) is 1.88. The summed E-state index contributed by atoms with van der Waals surface area (Å²) in [7, 11) is 4.75. The van der Waals surface area contributed by atoms with Crippen LogP contribution < -0.4 is 19.7 Å². The predicted octanol–water partition coefficient (Wildman–Crippen LogP) is 4.37. The van der Waals surface area contributed by atoms with Gasteiger partial charge >= 0.3 is 0 Å². The monoisotopic (exact) mass is 510 g/mol. The topological polar surface area (TPSA) is 84.0 Å². The quantitative estimate of drug-likeness (QED) is 0.508. The van der Waals surface area contributed by atoms with E-state index in [4.69, 9.17) is 9.47 Å². The maximum atomic E-state index is 14.0. The number of nitrogens with zero attached hydrogens (tertiary/aromatic N) is 3. The number of anilines is 2. The van der Waals surface area contributed by atoms with Gasteiger partial charge in [0.15, 0.2) is 11.6 Å². The van der Waals surface area contributed by atoms with Crippen LogP contribution in [0.2, 0.25) is 0 Å². The van der Waals surface area contributed by atoms with Crippen LogP contribution in [0, 0.1) is 11.6 Å². The first-order chi connectivity index (χ1) is 17.8. The highest BCUT2D eigenvalue weighted by atomic mass is 19.1. The van der Waals surface area contributed by atoms with Crippen LogP contribution in [0.4, 0.5) is 20.2 Å². The van der Waals surface area contributed by atoms with Crippen molar-refractivity contribution >= 4 is 23.2 Å². The summed E-state index contributed by atoms with van der Waals surface area (Å²) in [6, 6.07) is 11.7. The zero-order valence-corrected chi connectivity index (χ0v) is 20.8. The largest absolute Gasteiger partial charge is 0.487 e. The summed E-state index contributed by atoms with van der Waals surface area (Å²) in [6.07, 6.45) is 2.45. The van der Waals surface area contributed by atoms with E-state index in [2.05, 4.69) is 15.2 Å². The molecule has 1 aromatic heterocycles.